The summed E-state index contributed by atoms with van der Waals surface area (Å²) in [5.74, 6) is -0.294. The van der Waals surface area contributed by atoms with Crippen LogP contribution in [0.15, 0.2) is 53.6 Å². The minimum atomic E-state index is -0.307. The maximum atomic E-state index is 12.5. The van der Waals surface area contributed by atoms with Gasteiger partial charge in [-0.25, -0.2) is 4.98 Å². The summed E-state index contributed by atoms with van der Waals surface area (Å²) in [5, 5.41) is 4.28. The minimum absolute atomic E-state index is 0.126. The summed E-state index contributed by atoms with van der Waals surface area (Å²) in [6.45, 7) is 1.73. The number of rotatable bonds is 4. The van der Waals surface area contributed by atoms with Crippen molar-refractivity contribution in [3.63, 3.8) is 0 Å². The van der Waals surface area contributed by atoms with Gasteiger partial charge in [0.05, 0.1) is 23.3 Å². The monoisotopic (exact) mass is 375 g/mol. The van der Waals surface area contributed by atoms with Crippen molar-refractivity contribution in [2.24, 2.45) is 0 Å². The van der Waals surface area contributed by atoms with E-state index in [4.69, 9.17) is 23.2 Å². The lowest BCUT2D eigenvalue weighted by Gasteiger charge is -2.15. The molecule has 7 heteroatoms. The van der Waals surface area contributed by atoms with Crippen molar-refractivity contribution < 1.29 is 4.79 Å². The number of fused-ring (bicyclic) bond motifs is 1. The number of aromatic nitrogens is 2. The van der Waals surface area contributed by atoms with Crippen LogP contribution in [0.1, 0.15) is 18.5 Å². The maximum Gasteiger partial charge on any atom is 0.261 e. The molecule has 0 aliphatic heterocycles. The van der Waals surface area contributed by atoms with E-state index in [0.29, 0.717) is 20.9 Å². The topological polar surface area (TPSA) is 64.0 Å². The van der Waals surface area contributed by atoms with Crippen LogP contribution in [-0.2, 0) is 11.3 Å². The summed E-state index contributed by atoms with van der Waals surface area (Å²) in [7, 11) is 0. The molecule has 0 bridgehead atoms. The molecule has 0 aliphatic carbocycles. The summed E-state index contributed by atoms with van der Waals surface area (Å²) in [6.07, 6.45) is 1.36. The normalized spacial score (nSPS) is 12.1. The molecule has 128 valence electrons. The standard InChI is InChI=1S/C18H15Cl2N3O2/c1-11(12-3-2-4-13(19)7-12)22-17(24)9-23-10-21-16-6-5-14(20)8-15(16)18(23)25/h2-8,10-11H,9H2,1H3,(H,22,24). The molecule has 0 aliphatic rings. The van der Waals surface area contributed by atoms with Crippen molar-refractivity contribution in [3.05, 3.63) is 74.8 Å². The van der Waals surface area contributed by atoms with E-state index in [1.54, 1.807) is 30.3 Å². The van der Waals surface area contributed by atoms with E-state index in [9.17, 15) is 9.59 Å². The van der Waals surface area contributed by atoms with E-state index in [1.165, 1.54) is 10.9 Å². The van der Waals surface area contributed by atoms with E-state index >= 15 is 0 Å². The van der Waals surface area contributed by atoms with Gasteiger partial charge in [-0.2, -0.15) is 0 Å². The smallest absolute Gasteiger partial charge is 0.261 e. The van der Waals surface area contributed by atoms with Crippen LogP contribution >= 0.6 is 23.2 Å². The highest BCUT2D eigenvalue weighted by Gasteiger charge is 2.12. The number of carbonyl (C=O) groups is 1. The summed E-state index contributed by atoms with van der Waals surface area (Å²) in [6, 6.07) is 11.9. The van der Waals surface area contributed by atoms with Crippen molar-refractivity contribution in [1.82, 2.24) is 14.9 Å². The zero-order chi connectivity index (χ0) is 18.0. The third-order valence-electron chi connectivity index (χ3n) is 3.83. The van der Waals surface area contributed by atoms with Crippen LogP contribution < -0.4 is 10.9 Å². The first-order valence-electron chi connectivity index (χ1n) is 7.63. The van der Waals surface area contributed by atoms with E-state index in [0.717, 1.165) is 5.56 Å². The van der Waals surface area contributed by atoms with Crippen LogP contribution in [0.25, 0.3) is 10.9 Å². The van der Waals surface area contributed by atoms with Crippen LogP contribution in [-0.4, -0.2) is 15.5 Å². The second-order valence-electron chi connectivity index (χ2n) is 5.68. The van der Waals surface area contributed by atoms with Crippen LogP contribution in [0.4, 0.5) is 0 Å². The van der Waals surface area contributed by atoms with E-state index in [1.807, 2.05) is 19.1 Å². The van der Waals surface area contributed by atoms with Gasteiger partial charge in [-0.05, 0) is 42.8 Å². The van der Waals surface area contributed by atoms with Crippen molar-refractivity contribution in [2.75, 3.05) is 0 Å². The first-order valence-corrected chi connectivity index (χ1v) is 8.39. The predicted molar refractivity (Wildman–Crippen MR) is 99.0 cm³/mol. The molecule has 1 N–H and O–H groups in total. The van der Waals surface area contributed by atoms with Crippen molar-refractivity contribution in [3.8, 4) is 0 Å². The molecule has 2 aromatic carbocycles. The number of halogens is 2. The highest BCUT2D eigenvalue weighted by atomic mass is 35.5. The maximum absolute atomic E-state index is 12.5. The first-order chi connectivity index (χ1) is 11.9. The summed E-state index contributed by atoms with van der Waals surface area (Å²) in [5.41, 5.74) is 1.12. The summed E-state index contributed by atoms with van der Waals surface area (Å²) >= 11 is 11.9. The van der Waals surface area contributed by atoms with Crippen molar-refractivity contribution >= 4 is 40.0 Å². The molecule has 1 heterocycles. The molecular formula is C18H15Cl2N3O2. The average Bonchev–Trinajstić information content (AvgIpc) is 2.58. The van der Waals surface area contributed by atoms with E-state index < -0.39 is 0 Å². The van der Waals surface area contributed by atoms with Gasteiger partial charge in [0.2, 0.25) is 5.91 Å². The van der Waals surface area contributed by atoms with Gasteiger partial charge in [-0.1, -0.05) is 35.3 Å². The zero-order valence-electron chi connectivity index (χ0n) is 13.4. The molecule has 1 atom stereocenters. The Labute approximate surface area is 154 Å². The Morgan fingerprint density at radius 1 is 1.20 bits per heavy atom. The molecule has 0 spiro atoms. The lowest BCUT2D eigenvalue weighted by molar-refractivity contribution is -0.122. The number of nitrogens with zero attached hydrogens (tertiary/aromatic N) is 2. The van der Waals surface area contributed by atoms with Gasteiger partial charge in [0.25, 0.3) is 5.56 Å². The molecule has 1 unspecified atom stereocenters. The summed E-state index contributed by atoms with van der Waals surface area (Å²) in [4.78, 5) is 29.0. The molecular weight excluding hydrogens is 361 g/mol. The Morgan fingerprint density at radius 3 is 2.72 bits per heavy atom. The van der Waals surface area contributed by atoms with Gasteiger partial charge in [-0.15, -0.1) is 0 Å². The Bertz CT molecular complexity index is 1000. The number of hydrogen-bond acceptors (Lipinski definition) is 3. The Morgan fingerprint density at radius 2 is 1.96 bits per heavy atom. The van der Waals surface area contributed by atoms with E-state index in [2.05, 4.69) is 10.3 Å². The van der Waals surface area contributed by atoms with Gasteiger partial charge in [0.1, 0.15) is 6.54 Å². The third-order valence-corrected chi connectivity index (χ3v) is 4.30. The molecule has 0 radical (unpaired) electrons. The number of carbonyl (C=O) groups excluding carboxylic acids is 1. The van der Waals surface area contributed by atoms with Crippen LogP contribution in [0.5, 0.6) is 0 Å². The van der Waals surface area contributed by atoms with Gasteiger partial charge in [0.15, 0.2) is 0 Å². The highest BCUT2D eigenvalue weighted by Crippen LogP contribution is 2.17. The lowest BCUT2D eigenvalue weighted by Crippen LogP contribution is -2.34. The molecule has 25 heavy (non-hydrogen) atoms. The fourth-order valence-corrected chi connectivity index (χ4v) is 2.92. The second-order valence-corrected chi connectivity index (χ2v) is 6.56. The fraction of sp³-hybridized carbons (Fsp3) is 0.167. The molecule has 0 saturated heterocycles. The fourth-order valence-electron chi connectivity index (χ4n) is 2.54. The lowest BCUT2D eigenvalue weighted by atomic mass is 10.1. The quantitative estimate of drug-likeness (QED) is 0.757. The summed E-state index contributed by atoms with van der Waals surface area (Å²) < 4.78 is 1.26. The number of benzene rings is 2. The van der Waals surface area contributed by atoms with Gasteiger partial charge < -0.3 is 5.32 Å². The minimum Gasteiger partial charge on any atom is -0.348 e. The van der Waals surface area contributed by atoms with Crippen LogP contribution in [0.3, 0.4) is 0 Å². The molecule has 1 aromatic heterocycles. The zero-order valence-corrected chi connectivity index (χ0v) is 14.9. The molecule has 0 fully saturated rings. The van der Waals surface area contributed by atoms with Crippen molar-refractivity contribution in [2.45, 2.75) is 19.5 Å². The van der Waals surface area contributed by atoms with Gasteiger partial charge in [-0.3, -0.25) is 14.2 Å². The predicted octanol–water partition coefficient (Wildman–Crippen LogP) is 3.58. The first kappa shape index (κ1) is 17.5. The SMILES string of the molecule is CC(NC(=O)Cn1cnc2ccc(Cl)cc2c1=O)c1cccc(Cl)c1. The average molecular weight is 376 g/mol. The number of amides is 1. The Balaban J connectivity index is 1.78. The van der Waals surface area contributed by atoms with E-state index in [-0.39, 0.29) is 24.1 Å². The Kier molecular flexibility index (Phi) is 5.06. The van der Waals surface area contributed by atoms with Crippen LogP contribution in [0.2, 0.25) is 10.0 Å². The van der Waals surface area contributed by atoms with Crippen LogP contribution in [0, 0.1) is 0 Å². The molecule has 1 amide bonds. The van der Waals surface area contributed by atoms with Gasteiger partial charge >= 0.3 is 0 Å². The third kappa shape index (κ3) is 4.00. The number of nitrogens with one attached hydrogen (secondary N) is 1. The highest BCUT2D eigenvalue weighted by molar-refractivity contribution is 6.31. The molecule has 3 aromatic rings. The Hall–Kier alpha value is -2.37. The second kappa shape index (κ2) is 7.25. The molecule has 3 rings (SSSR count). The molecule has 5 nitrogen and oxygen atoms in total. The number of hydrogen-bond donors (Lipinski definition) is 1. The van der Waals surface area contributed by atoms with Crippen molar-refractivity contribution in [1.29, 1.82) is 0 Å². The largest absolute Gasteiger partial charge is 0.348 e. The molecule has 0 saturated carbocycles. The van der Waals surface area contributed by atoms with Gasteiger partial charge in [0, 0.05) is 10.0 Å².